The van der Waals surface area contributed by atoms with E-state index in [1.807, 2.05) is 13.0 Å². The van der Waals surface area contributed by atoms with Gasteiger partial charge < -0.3 is 4.52 Å². The Kier molecular flexibility index (Phi) is 3.11. The first-order valence-electron chi connectivity index (χ1n) is 4.86. The Bertz CT molecular complexity index is 433. The molecule has 0 aliphatic heterocycles. The number of aryl methyl sites for hydroxylation is 2. The van der Waals surface area contributed by atoms with Gasteiger partial charge in [-0.05, 0) is 26.0 Å². The highest BCUT2D eigenvalue weighted by Crippen LogP contribution is 2.22. The molecule has 0 spiro atoms. The summed E-state index contributed by atoms with van der Waals surface area (Å²) in [5.74, 6) is 1.73. The number of hydrogen-bond acceptors (Lipinski definition) is 3. The summed E-state index contributed by atoms with van der Waals surface area (Å²) in [5.41, 5.74) is 2.29. The van der Waals surface area contributed by atoms with Crippen LogP contribution in [0.4, 0.5) is 0 Å². The minimum Gasteiger partial charge on any atom is -0.361 e. The standard InChI is InChI=1S/C12H13NOS/c1-9-3-5-12(6-4-9)15-8-11-7-10(2)14-13-11/h3-7H,8H2,1-2H3. The highest BCUT2D eigenvalue weighted by molar-refractivity contribution is 7.98. The lowest BCUT2D eigenvalue weighted by molar-refractivity contribution is 0.393. The molecule has 1 aromatic heterocycles. The second-order valence-electron chi connectivity index (χ2n) is 3.53. The van der Waals surface area contributed by atoms with Crippen LogP contribution >= 0.6 is 11.8 Å². The van der Waals surface area contributed by atoms with Crippen LogP contribution in [0.25, 0.3) is 0 Å². The number of aromatic nitrogens is 1. The van der Waals surface area contributed by atoms with Crippen molar-refractivity contribution in [2.24, 2.45) is 0 Å². The average Bonchev–Trinajstić information content (AvgIpc) is 2.64. The summed E-state index contributed by atoms with van der Waals surface area (Å²) in [7, 11) is 0. The van der Waals surface area contributed by atoms with E-state index in [0.717, 1.165) is 17.2 Å². The maximum absolute atomic E-state index is 5.01. The first-order chi connectivity index (χ1) is 7.24. The van der Waals surface area contributed by atoms with Crippen molar-refractivity contribution < 1.29 is 4.52 Å². The number of nitrogens with zero attached hydrogens (tertiary/aromatic N) is 1. The molecule has 2 nitrogen and oxygen atoms in total. The summed E-state index contributed by atoms with van der Waals surface area (Å²) in [6.07, 6.45) is 0. The van der Waals surface area contributed by atoms with Crippen LogP contribution in [0.3, 0.4) is 0 Å². The van der Waals surface area contributed by atoms with Gasteiger partial charge >= 0.3 is 0 Å². The van der Waals surface area contributed by atoms with Gasteiger partial charge in [0, 0.05) is 16.7 Å². The molecule has 0 unspecified atom stereocenters. The third-order valence-corrected chi connectivity index (χ3v) is 3.13. The van der Waals surface area contributed by atoms with Crippen LogP contribution in [0.2, 0.25) is 0 Å². The molecule has 0 saturated heterocycles. The first-order valence-corrected chi connectivity index (χ1v) is 5.84. The number of thioether (sulfide) groups is 1. The first kappa shape index (κ1) is 10.3. The fourth-order valence-corrected chi connectivity index (χ4v) is 2.06. The fourth-order valence-electron chi connectivity index (χ4n) is 1.28. The summed E-state index contributed by atoms with van der Waals surface area (Å²) in [4.78, 5) is 1.27. The van der Waals surface area contributed by atoms with Gasteiger partial charge in [-0.15, -0.1) is 11.8 Å². The van der Waals surface area contributed by atoms with Crippen molar-refractivity contribution >= 4 is 11.8 Å². The van der Waals surface area contributed by atoms with Crippen molar-refractivity contribution in [3.05, 3.63) is 47.3 Å². The zero-order valence-corrected chi connectivity index (χ0v) is 9.67. The monoisotopic (exact) mass is 219 g/mol. The lowest BCUT2D eigenvalue weighted by atomic mass is 10.2. The topological polar surface area (TPSA) is 26.0 Å². The molecule has 1 heterocycles. The second-order valence-corrected chi connectivity index (χ2v) is 4.58. The molecule has 1 aromatic carbocycles. The molecule has 0 N–H and O–H groups in total. The van der Waals surface area contributed by atoms with Crippen LogP contribution in [0, 0.1) is 13.8 Å². The Morgan fingerprint density at radius 1 is 1.20 bits per heavy atom. The van der Waals surface area contributed by atoms with E-state index in [4.69, 9.17) is 4.52 Å². The Morgan fingerprint density at radius 2 is 1.93 bits per heavy atom. The minimum absolute atomic E-state index is 0.862. The molecule has 78 valence electrons. The third-order valence-electron chi connectivity index (χ3n) is 2.08. The van der Waals surface area contributed by atoms with Gasteiger partial charge in [-0.1, -0.05) is 22.9 Å². The zero-order valence-electron chi connectivity index (χ0n) is 8.86. The van der Waals surface area contributed by atoms with E-state index in [2.05, 4.69) is 36.3 Å². The van der Waals surface area contributed by atoms with Gasteiger partial charge in [0.25, 0.3) is 0 Å². The summed E-state index contributed by atoms with van der Waals surface area (Å²) in [5, 5.41) is 3.95. The molecule has 15 heavy (non-hydrogen) atoms. The minimum atomic E-state index is 0.862. The summed E-state index contributed by atoms with van der Waals surface area (Å²) < 4.78 is 5.01. The smallest absolute Gasteiger partial charge is 0.133 e. The zero-order chi connectivity index (χ0) is 10.7. The molecular weight excluding hydrogens is 206 g/mol. The lowest BCUT2D eigenvalue weighted by Gasteiger charge is -1.98. The van der Waals surface area contributed by atoms with Crippen molar-refractivity contribution in [3.63, 3.8) is 0 Å². The molecule has 2 rings (SSSR count). The van der Waals surface area contributed by atoms with Gasteiger partial charge in [-0.2, -0.15) is 0 Å². The predicted octanol–water partition coefficient (Wildman–Crippen LogP) is 3.58. The van der Waals surface area contributed by atoms with Crippen molar-refractivity contribution in [2.45, 2.75) is 24.5 Å². The van der Waals surface area contributed by atoms with E-state index in [1.165, 1.54) is 10.5 Å². The molecule has 0 fully saturated rings. The third kappa shape index (κ3) is 2.86. The van der Waals surface area contributed by atoms with Crippen molar-refractivity contribution in [1.82, 2.24) is 5.16 Å². The van der Waals surface area contributed by atoms with Crippen molar-refractivity contribution in [3.8, 4) is 0 Å². The number of benzene rings is 1. The number of rotatable bonds is 3. The molecule has 0 saturated carbocycles. The van der Waals surface area contributed by atoms with Crippen LogP contribution in [-0.2, 0) is 5.75 Å². The Hall–Kier alpha value is -1.22. The average molecular weight is 219 g/mol. The summed E-state index contributed by atoms with van der Waals surface area (Å²) in [6, 6.07) is 10.5. The SMILES string of the molecule is Cc1ccc(SCc2cc(C)on2)cc1. The predicted molar refractivity (Wildman–Crippen MR) is 62.0 cm³/mol. The Balaban J connectivity index is 1.96. The molecular formula is C12H13NOS. The largest absolute Gasteiger partial charge is 0.361 e. The number of hydrogen-bond donors (Lipinski definition) is 0. The van der Waals surface area contributed by atoms with Gasteiger partial charge in [0.1, 0.15) is 5.76 Å². The van der Waals surface area contributed by atoms with Gasteiger partial charge in [-0.25, -0.2) is 0 Å². The molecule has 0 aliphatic carbocycles. The summed E-state index contributed by atoms with van der Waals surface area (Å²) >= 11 is 1.77. The highest BCUT2D eigenvalue weighted by atomic mass is 32.2. The Labute approximate surface area is 93.7 Å². The maximum atomic E-state index is 5.01. The van der Waals surface area contributed by atoms with Crippen LogP contribution in [0.5, 0.6) is 0 Å². The molecule has 2 aromatic rings. The highest BCUT2D eigenvalue weighted by Gasteiger charge is 2.01. The van der Waals surface area contributed by atoms with Crippen LogP contribution in [-0.4, -0.2) is 5.16 Å². The lowest BCUT2D eigenvalue weighted by Crippen LogP contribution is -1.79. The van der Waals surface area contributed by atoms with Crippen LogP contribution in [0.1, 0.15) is 17.0 Å². The van der Waals surface area contributed by atoms with E-state index in [-0.39, 0.29) is 0 Å². The normalized spacial score (nSPS) is 10.5. The van der Waals surface area contributed by atoms with E-state index >= 15 is 0 Å². The molecule has 3 heteroatoms. The molecule has 0 atom stereocenters. The van der Waals surface area contributed by atoms with Gasteiger partial charge in [-0.3, -0.25) is 0 Å². The van der Waals surface area contributed by atoms with E-state index in [9.17, 15) is 0 Å². The molecule has 0 amide bonds. The molecule has 0 aliphatic rings. The fraction of sp³-hybridized carbons (Fsp3) is 0.250. The Morgan fingerprint density at radius 3 is 2.53 bits per heavy atom. The van der Waals surface area contributed by atoms with Crippen molar-refractivity contribution in [2.75, 3.05) is 0 Å². The quantitative estimate of drug-likeness (QED) is 0.738. The van der Waals surface area contributed by atoms with E-state index < -0.39 is 0 Å². The van der Waals surface area contributed by atoms with Gasteiger partial charge in [0.05, 0.1) is 5.69 Å². The van der Waals surface area contributed by atoms with Crippen LogP contribution < -0.4 is 0 Å². The summed E-state index contributed by atoms with van der Waals surface area (Å²) in [6.45, 7) is 4.00. The molecule has 0 bridgehead atoms. The van der Waals surface area contributed by atoms with E-state index in [0.29, 0.717) is 0 Å². The van der Waals surface area contributed by atoms with Gasteiger partial charge in [0.2, 0.25) is 0 Å². The second kappa shape index (κ2) is 4.53. The maximum Gasteiger partial charge on any atom is 0.133 e. The van der Waals surface area contributed by atoms with Gasteiger partial charge in [0.15, 0.2) is 0 Å². The van der Waals surface area contributed by atoms with Crippen molar-refractivity contribution in [1.29, 1.82) is 0 Å². The van der Waals surface area contributed by atoms with E-state index in [1.54, 1.807) is 11.8 Å². The van der Waals surface area contributed by atoms with Crippen LogP contribution in [0.15, 0.2) is 39.8 Å². The molecule has 0 radical (unpaired) electrons.